The highest BCUT2D eigenvalue weighted by Gasteiger charge is 2.10. The van der Waals surface area contributed by atoms with Gasteiger partial charge in [0.15, 0.2) is 0 Å². The average molecular weight is 274 g/mol. The van der Waals surface area contributed by atoms with Gasteiger partial charge in [0.25, 0.3) is 11.5 Å². The number of pyridine rings is 1. The topological polar surface area (TPSA) is 68.9 Å². The Morgan fingerprint density at radius 1 is 1.40 bits per heavy atom. The maximum atomic E-state index is 12.0. The molecule has 2 heterocycles. The van der Waals surface area contributed by atoms with Gasteiger partial charge in [-0.3, -0.25) is 14.3 Å². The summed E-state index contributed by atoms with van der Waals surface area (Å²) in [6.45, 7) is 2.43. The van der Waals surface area contributed by atoms with Crippen LogP contribution in [0, 0.1) is 0 Å². The van der Waals surface area contributed by atoms with E-state index >= 15 is 0 Å². The lowest BCUT2D eigenvalue weighted by Crippen LogP contribution is -2.26. The lowest BCUT2D eigenvalue weighted by molar-refractivity contribution is 0.0950. The van der Waals surface area contributed by atoms with Crippen molar-refractivity contribution in [2.45, 2.75) is 19.9 Å². The molecule has 20 heavy (non-hydrogen) atoms. The molecule has 0 aliphatic rings. The summed E-state index contributed by atoms with van der Waals surface area (Å²) in [6.07, 6.45) is 4.29. The monoisotopic (exact) mass is 274 g/mol. The molecule has 0 aromatic carbocycles. The summed E-state index contributed by atoms with van der Waals surface area (Å²) >= 11 is 0. The Morgan fingerprint density at radius 2 is 2.15 bits per heavy atom. The van der Waals surface area contributed by atoms with Gasteiger partial charge in [-0.15, -0.1) is 0 Å². The molecular formula is C14H18N4O2. The molecule has 0 fully saturated rings. The molecule has 0 aliphatic carbocycles. The smallest absolute Gasteiger partial charge is 0.251 e. The van der Waals surface area contributed by atoms with Gasteiger partial charge in [0.05, 0.1) is 5.69 Å². The van der Waals surface area contributed by atoms with Crippen LogP contribution in [-0.2, 0) is 27.1 Å². The lowest BCUT2D eigenvalue weighted by Gasteiger charge is -2.05. The highest BCUT2D eigenvalue weighted by Crippen LogP contribution is 2.07. The van der Waals surface area contributed by atoms with E-state index in [1.807, 2.05) is 20.2 Å². The van der Waals surface area contributed by atoms with Crippen molar-refractivity contribution in [2.24, 2.45) is 14.1 Å². The molecule has 6 heteroatoms. The molecule has 0 unspecified atom stereocenters. The van der Waals surface area contributed by atoms with E-state index in [0.29, 0.717) is 12.1 Å². The van der Waals surface area contributed by atoms with Crippen molar-refractivity contribution in [1.82, 2.24) is 19.7 Å². The fourth-order valence-electron chi connectivity index (χ4n) is 2.00. The van der Waals surface area contributed by atoms with Crippen LogP contribution in [0.25, 0.3) is 0 Å². The molecule has 0 saturated carbocycles. The number of nitrogens with one attached hydrogen (secondary N) is 1. The van der Waals surface area contributed by atoms with Gasteiger partial charge in [0.1, 0.15) is 0 Å². The molecule has 2 aromatic heterocycles. The summed E-state index contributed by atoms with van der Waals surface area (Å²) in [4.78, 5) is 23.5. The highest BCUT2D eigenvalue weighted by atomic mass is 16.2. The molecular weight excluding hydrogens is 256 g/mol. The van der Waals surface area contributed by atoms with E-state index in [9.17, 15) is 9.59 Å². The SMILES string of the molecule is CCc1nn(C)cc1CNC(=O)c1ccn(C)c(=O)c1. The molecule has 0 spiro atoms. The normalized spacial score (nSPS) is 10.6. The zero-order valence-electron chi connectivity index (χ0n) is 11.9. The first-order valence-corrected chi connectivity index (χ1v) is 6.47. The van der Waals surface area contributed by atoms with Crippen LogP contribution in [0.3, 0.4) is 0 Å². The van der Waals surface area contributed by atoms with Gasteiger partial charge in [-0.1, -0.05) is 6.92 Å². The van der Waals surface area contributed by atoms with Gasteiger partial charge in [-0.2, -0.15) is 5.10 Å². The van der Waals surface area contributed by atoms with Crippen molar-refractivity contribution in [1.29, 1.82) is 0 Å². The van der Waals surface area contributed by atoms with Crippen molar-refractivity contribution < 1.29 is 4.79 Å². The maximum Gasteiger partial charge on any atom is 0.251 e. The van der Waals surface area contributed by atoms with E-state index in [0.717, 1.165) is 17.7 Å². The second-order valence-corrected chi connectivity index (χ2v) is 4.68. The molecule has 0 bridgehead atoms. The number of nitrogens with zero attached hydrogens (tertiary/aromatic N) is 3. The third-order valence-corrected chi connectivity index (χ3v) is 3.13. The number of aryl methyl sites for hydroxylation is 3. The molecule has 2 rings (SSSR count). The van der Waals surface area contributed by atoms with Crippen molar-refractivity contribution in [3.05, 3.63) is 51.7 Å². The summed E-state index contributed by atoms with van der Waals surface area (Å²) in [7, 11) is 3.50. The van der Waals surface area contributed by atoms with Gasteiger partial charge in [-0.25, -0.2) is 0 Å². The number of hydrogen-bond donors (Lipinski definition) is 1. The summed E-state index contributed by atoms with van der Waals surface area (Å²) in [5.74, 6) is -0.256. The Labute approximate surface area is 117 Å². The number of amides is 1. The van der Waals surface area contributed by atoms with Gasteiger partial charge in [-0.05, 0) is 12.5 Å². The van der Waals surface area contributed by atoms with Crippen molar-refractivity contribution in [3.8, 4) is 0 Å². The van der Waals surface area contributed by atoms with E-state index in [2.05, 4.69) is 10.4 Å². The molecule has 0 aliphatic heterocycles. The Morgan fingerprint density at radius 3 is 2.80 bits per heavy atom. The van der Waals surface area contributed by atoms with E-state index < -0.39 is 0 Å². The zero-order valence-corrected chi connectivity index (χ0v) is 11.9. The van der Waals surface area contributed by atoms with Crippen molar-refractivity contribution in [2.75, 3.05) is 0 Å². The molecule has 0 saturated heterocycles. The third-order valence-electron chi connectivity index (χ3n) is 3.13. The number of carbonyl (C=O) groups excluding carboxylic acids is 1. The molecule has 1 N–H and O–H groups in total. The van der Waals surface area contributed by atoms with Gasteiger partial charge in [0.2, 0.25) is 0 Å². The second kappa shape index (κ2) is 5.73. The zero-order chi connectivity index (χ0) is 14.7. The molecule has 2 aromatic rings. The molecule has 106 valence electrons. The van der Waals surface area contributed by atoms with E-state index in [1.54, 1.807) is 24.0 Å². The Bertz CT molecular complexity index is 685. The van der Waals surface area contributed by atoms with E-state index in [4.69, 9.17) is 0 Å². The minimum atomic E-state index is -0.256. The lowest BCUT2D eigenvalue weighted by atomic mass is 10.2. The molecule has 0 radical (unpaired) electrons. The van der Waals surface area contributed by atoms with Gasteiger partial charge < -0.3 is 9.88 Å². The summed E-state index contributed by atoms with van der Waals surface area (Å²) in [6, 6.07) is 2.96. The quantitative estimate of drug-likeness (QED) is 0.888. The molecule has 1 amide bonds. The summed E-state index contributed by atoms with van der Waals surface area (Å²) in [5, 5.41) is 7.13. The third kappa shape index (κ3) is 2.96. The number of carbonyl (C=O) groups is 1. The minimum absolute atomic E-state index is 0.201. The second-order valence-electron chi connectivity index (χ2n) is 4.68. The predicted molar refractivity (Wildman–Crippen MR) is 75.4 cm³/mol. The van der Waals surface area contributed by atoms with Crippen LogP contribution >= 0.6 is 0 Å². The van der Waals surface area contributed by atoms with Crippen molar-refractivity contribution >= 4 is 5.91 Å². The predicted octanol–water partition coefficient (Wildman–Crippen LogP) is 0.611. The average Bonchev–Trinajstić information content (AvgIpc) is 2.79. The Hall–Kier alpha value is -2.37. The van der Waals surface area contributed by atoms with Gasteiger partial charge in [0, 0.05) is 50.2 Å². The first-order valence-electron chi connectivity index (χ1n) is 6.47. The fraction of sp³-hybridized carbons (Fsp3) is 0.357. The summed E-state index contributed by atoms with van der Waals surface area (Å²) in [5.41, 5.74) is 2.13. The maximum absolute atomic E-state index is 12.0. The largest absolute Gasteiger partial charge is 0.348 e. The Balaban J connectivity index is 2.08. The first kappa shape index (κ1) is 14.0. The van der Waals surface area contributed by atoms with Crippen LogP contribution in [-0.4, -0.2) is 20.3 Å². The first-order chi connectivity index (χ1) is 9.51. The van der Waals surface area contributed by atoms with Crippen LogP contribution in [0.4, 0.5) is 0 Å². The van der Waals surface area contributed by atoms with Crippen LogP contribution in [0.1, 0.15) is 28.5 Å². The van der Waals surface area contributed by atoms with E-state index in [1.165, 1.54) is 10.6 Å². The Kier molecular flexibility index (Phi) is 4.02. The van der Waals surface area contributed by atoms with Gasteiger partial charge >= 0.3 is 0 Å². The van der Waals surface area contributed by atoms with E-state index in [-0.39, 0.29) is 11.5 Å². The highest BCUT2D eigenvalue weighted by molar-refractivity contribution is 5.93. The van der Waals surface area contributed by atoms with Crippen molar-refractivity contribution in [3.63, 3.8) is 0 Å². The van der Waals surface area contributed by atoms with Crippen LogP contribution in [0.5, 0.6) is 0 Å². The molecule has 6 nitrogen and oxygen atoms in total. The molecule has 0 atom stereocenters. The number of hydrogen-bond acceptors (Lipinski definition) is 3. The van der Waals surface area contributed by atoms with Crippen LogP contribution in [0.15, 0.2) is 29.3 Å². The number of rotatable bonds is 4. The van der Waals surface area contributed by atoms with Crippen LogP contribution < -0.4 is 10.9 Å². The number of aromatic nitrogens is 3. The standard InChI is InChI=1S/C14H18N4O2/c1-4-12-11(9-18(3)16-12)8-15-14(20)10-5-6-17(2)13(19)7-10/h5-7,9H,4,8H2,1-3H3,(H,15,20). The van der Waals surface area contributed by atoms with Crippen LogP contribution in [0.2, 0.25) is 0 Å². The minimum Gasteiger partial charge on any atom is -0.348 e. The fourth-order valence-corrected chi connectivity index (χ4v) is 2.00. The summed E-state index contributed by atoms with van der Waals surface area (Å²) < 4.78 is 3.16.